The van der Waals surface area contributed by atoms with Gasteiger partial charge in [0.25, 0.3) is 0 Å². The summed E-state index contributed by atoms with van der Waals surface area (Å²) in [5, 5.41) is 0. The average Bonchev–Trinajstić information content (AvgIpc) is 3.61. The van der Waals surface area contributed by atoms with Gasteiger partial charge in [0.2, 0.25) is 5.69 Å². The molecule has 0 amide bonds. The molecule has 3 aromatic rings. The first-order valence-corrected chi connectivity index (χ1v) is 17.2. The van der Waals surface area contributed by atoms with Crippen LogP contribution >= 0.6 is 0 Å². The van der Waals surface area contributed by atoms with Gasteiger partial charge >= 0.3 is 0 Å². The number of methoxy groups -OCH3 is 2. The van der Waals surface area contributed by atoms with Crippen LogP contribution in [0.3, 0.4) is 0 Å². The predicted octanol–water partition coefficient (Wildman–Crippen LogP) is 9.26. The standard InChI is InChI=1S/C43H51N2O3/c1-30-14-20-37-35(28-30)42(3,4)39(44(37)24-26-46-7)22-18-32-16-17-33(41(32)48-34-12-10-9-11-13-34)19-23-40-43(5,6)36-29-31(2)15-21-38(36)45(40)25-27-47-8/h9-15,18-23,28-29H,16-17,24-27H2,1-8H3/q+1. The Hall–Kier alpha value is -4.19. The van der Waals surface area contributed by atoms with Crippen molar-refractivity contribution in [2.24, 2.45) is 0 Å². The third-order valence-corrected chi connectivity index (χ3v) is 10.2. The van der Waals surface area contributed by atoms with E-state index in [-0.39, 0.29) is 10.8 Å². The molecule has 3 aliphatic rings. The van der Waals surface area contributed by atoms with Crippen LogP contribution in [-0.4, -0.2) is 50.8 Å². The first-order chi connectivity index (χ1) is 23.1. The fourth-order valence-corrected chi connectivity index (χ4v) is 7.54. The lowest BCUT2D eigenvalue weighted by Gasteiger charge is -2.27. The molecule has 0 saturated carbocycles. The highest BCUT2D eigenvalue weighted by Gasteiger charge is 2.44. The molecule has 48 heavy (non-hydrogen) atoms. The number of ether oxygens (including phenoxy) is 3. The van der Waals surface area contributed by atoms with Crippen LogP contribution in [0.2, 0.25) is 0 Å². The summed E-state index contributed by atoms with van der Waals surface area (Å²) in [6.07, 6.45) is 11.1. The van der Waals surface area contributed by atoms with Crippen LogP contribution < -0.4 is 9.64 Å². The van der Waals surface area contributed by atoms with Crippen LogP contribution in [0.5, 0.6) is 5.75 Å². The third-order valence-electron chi connectivity index (χ3n) is 10.2. The molecule has 3 aromatic carbocycles. The molecule has 0 N–H and O–H groups in total. The minimum Gasteiger partial charge on any atom is -0.457 e. The van der Waals surface area contributed by atoms with Crippen molar-refractivity contribution in [3.63, 3.8) is 0 Å². The summed E-state index contributed by atoms with van der Waals surface area (Å²) < 4.78 is 20.2. The molecule has 0 bridgehead atoms. The molecule has 0 fully saturated rings. The number of benzene rings is 3. The van der Waals surface area contributed by atoms with Gasteiger partial charge in [0.15, 0.2) is 12.3 Å². The van der Waals surface area contributed by atoms with Crippen molar-refractivity contribution in [2.45, 2.75) is 65.2 Å². The summed E-state index contributed by atoms with van der Waals surface area (Å²) >= 11 is 0. The van der Waals surface area contributed by atoms with Crippen LogP contribution in [0, 0.1) is 13.8 Å². The van der Waals surface area contributed by atoms with Crippen LogP contribution in [0.4, 0.5) is 11.4 Å². The molecule has 6 rings (SSSR count). The smallest absolute Gasteiger partial charge is 0.209 e. The quantitative estimate of drug-likeness (QED) is 0.195. The average molecular weight is 644 g/mol. The topological polar surface area (TPSA) is 33.9 Å². The zero-order valence-electron chi connectivity index (χ0n) is 30.0. The van der Waals surface area contributed by atoms with E-state index in [2.05, 4.69) is 112 Å². The van der Waals surface area contributed by atoms with E-state index in [0.717, 1.165) is 37.4 Å². The summed E-state index contributed by atoms with van der Waals surface area (Å²) in [6, 6.07) is 23.8. The van der Waals surface area contributed by atoms with E-state index in [4.69, 9.17) is 14.2 Å². The number of aryl methyl sites for hydroxylation is 2. The summed E-state index contributed by atoms with van der Waals surface area (Å²) in [4.78, 5) is 2.43. The SMILES string of the molecule is COCCN1/C(=C/C=C2\CCC(/C=C/C3=[N+](CCOC)c4ccc(C)cc4C3(C)C)=C2Oc2ccccc2)C(C)(C)c2cc(C)ccc21. The van der Waals surface area contributed by atoms with Gasteiger partial charge in [-0.2, -0.15) is 4.58 Å². The van der Waals surface area contributed by atoms with Crippen LogP contribution in [0.25, 0.3) is 0 Å². The van der Waals surface area contributed by atoms with Gasteiger partial charge in [-0.05, 0) is 93.7 Å². The van der Waals surface area contributed by atoms with Gasteiger partial charge in [0.1, 0.15) is 18.1 Å². The lowest BCUT2D eigenvalue weighted by atomic mass is 9.80. The number of nitrogens with zero attached hydrogens (tertiary/aromatic N) is 2. The normalized spacial score (nSPS) is 19.7. The molecular formula is C43H51N2O3+. The molecule has 0 unspecified atom stereocenters. The van der Waals surface area contributed by atoms with Crippen molar-refractivity contribution < 1.29 is 18.8 Å². The number of allylic oxidation sites excluding steroid dienone is 7. The van der Waals surface area contributed by atoms with Crippen molar-refractivity contribution in [3.8, 4) is 5.75 Å². The maximum absolute atomic E-state index is 6.73. The fraction of sp³-hybridized carbons (Fsp3) is 0.372. The molecule has 0 saturated heterocycles. The molecular weight excluding hydrogens is 592 g/mol. The van der Waals surface area contributed by atoms with Gasteiger partial charge in [-0.15, -0.1) is 0 Å². The van der Waals surface area contributed by atoms with Crippen molar-refractivity contribution >= 4 is 17.1 Å². The second-order valence-corrected chi connectivity index (χ2v) is 14.3. The van der Waals surface area contributed by atoms with Gasteiger partial charge in [0.05, 0.1) is 12.0 Å². The number of fused-ring (bicyclic) bond motifs is 2. The van der Waals surface area contributed by atoms with Gasteiger partial charge in [-0.3, -0.25) is 0 Å². The van der Waals surface area contributed by atoms with E-state index >= 15 is 0 Å². The number of hydrogen-bond acceptors (Lipinski definition) is 4. The van der Waals surface area contributed by atoms with E-state index in [1.54, 1.807) is 14.2 Å². The Kier molecular flexibility index (Phi) is 9.64. The highest BCUT2D eigenvalue weighted by molar-refractivity contribution is 6.03. The maximum Gasteiger partial charge on any atom is 0.209 e. The van der Waals surface area contributed by atoms with Gasteiger partial charge < -0.3 is 19.1 Å². The Morgan fingerprint density at radius 1 is 0.771 bits per heavy atom. The largest absolute Gasteiger partial charge is 0.457 e. The molecule has 0 atom stereocenters. The van der Waals surface area contributed by atoms with E-state index in [9.17, 15) is 0 Å². The van der Waals surface area contributed by atoms with Gasteiger partial charge in [-0.1, -0.05) is 67.4 Å². The van der Waals surface area contributed by atoms with Crippen LogP contribution in [-0.2, 0) is 20.3 Å². The number of rotatable bonds is 11. The number of para-hydroxylation sites is 1. The Balaban J connectivity index is 1.42. The van der Waals surface area contributed by atoms with E-state index in [0.29, 0.717) is 13.2 Å². The Morgan fingerprint density at radius 2 is 1.48 bits per heavy atom. The highest BCUT2D eigenvalue weighted by Crippen LogP contribution is 2.48. The minimum atomic E-state index is -0.138. The van der Waals surface area contributed by atoms with Crippen molar-refractivity contribution in [1.82, 2.24) is 0 Å². The highest BCUT2D eigenvalue weighted by atomic mass is 16.5. The molecule has 2 aliphatic heterocycles. The summed E-state index contributed by atoms with van der Waals surface area (Å²) in [5.41, 5.74) is 12.5. The van der Waals surface area contributed by atoms with Crippen LogP contribution in [0.15, 0.2) is 114 Å². The van der Waals surface area contributed by atoms with Crippen molar-refractivity contribution in [2.75, 3.05) is 45.4 Å². The summed E-state index contributed by atoms with van der Waals surface area (Å²) in [5.74, 6) is 1.80. The second kappa shape index (κ2) is 13.7. The van der Waals surface area contributed by atoms with Crippen molar-refractivity contribution in [1.29, 1.82) is 0 Å². The molecule has 5 heteroatoms. The van der Waals surface area contributed by atoms with Gasteiger partial charge in [-0.25, -0.2) is 0 Å². The predicted molar refractivity (Wildman–Crippen MR) is 198 cm³/mol. The van der Waals surface area contributed by atoms with E-state index in [1.165, 1.54) is 56.2 Å². The zero-order valence-corrected chi connectivity index (χ0v) is 30.0. The second-order valence-electron chi connectivity index (χ2n) is 14.3. The lowest BCUT2D eigenvalue weighted by molar-refractivity contribution is -0.441. The molecule has 0 aromatic heterocycles. The van der Waals surface area contributed by atoms with Crippen LogP contribution in [0.1, 0.15) is 62.8 Å². The van der Waals surface area contributed by atoms with E-state index < -0.39 is 0 Å². The first kappa shape index (κ1) is 33.7. The first-order valence-electron chi connectivity index (χ1n) is 17.2. The molecule has 250 valence electrons. The monoisotopic (exact) mass is 643 g/mol. The Morgan fingerprint density at radius 3 is 2.21 bits per heavy atom. The minimum absolute atomic E-state index is 0.138. The number of hydrogen-bond donors (Lipinski definition) is 0. The summed E-state index contributed by atoms with van der Waals surface area (Å²) in [6.45, 7) is 16.6. The molecule has 0 radical (unpaired) electrons. The number of anilines is 1. The third kappa shape index (κ3) is 6.34. The maximum atomic E-state index is 6.73. The fourth-order valence-electron chi connectivity index (χ4n) is 7.54. The molecule has 1 aliphatic carbocycles. The van der Waals surface area contributed by atoms with E-state index in [1.807, 2.05) is 30.3 Å². The lowest BCUT2D eigenvalue weighted by Crippen LogP contribution is -2.28. The Bertz CT molecular complexity index is 1840. The molecule has 0 spiro atoms. The molecule has 2 heterocycles. The Labute approximate surface area is 287 Å². The van der Waals surface area contributed by atoms with Crippen molar-refractivity contribution in [3.05, 3.63) is 136 Å². The summed E-state index contributed by atoms with van der Waals surface area (Å²) in [7, 11) is 3.55. The molecule has 5 nitrogen and oxygen atoms in total. The zero-order chi connectivity index (χ0) is 34.1. The van der Waals surface area contributed by atoms with Gasteiger partial charge in [0, 0.05) is 55.3 Å².